The fourth-order valence-electron chi connectivity index (χ4n) is 1.87. The van der Waals surface area contributed by atoms with Gasteiger partial charge in [-0.05, 0) is 44.4 Å². The number of carbonyl (C=O) groups is 2. The molecule has 19 heavy (non-hydrogen) atoms. The van der Waals surface area contributed by atoms with E-state index in [2.05, 4.69) is 20.8 Å². The molecule has 110 valence electrons. The van der Waals surface area contributed by atoms with Gasteiger partial charge in [-0.3, -0.25) is 4.79 Å². The maximum absolute atomic E-state index is 11.6. The van der Waals surface area contributed by atoms with E-state index in [-0.39, 0.29) is 18.0 Å². The molecule has 1 rings (SSSR count). The van der Waals surface area contributed by atoms with E-state index in [1.165, 1.54) is 0 Å². The molecule has 0 unspecified atom stereocenters. The first-order chi connectivity index (χ1) is 8.60. The normalized spacial score (nSPS) is 16.1. The first-order valence-corrected chi connectivity index (χ1v) is 6.98. The summed E-state index contributed by atoms with van der Waals surface area (Å²) in [6, 6.07) is 0. The quantitative estimate of drug-likeness (QED) is 0.696. The van der Waals surface area contributed by atoms with Crippen molar-refractivity contribution in [1.29, 1.82) is 0 Å². The van der Waals surface area contributed by atoms with Crippen molar-refractivity contribution in [3.8, 4) is 0 Å². The molecule has 0 N–H and O–H groups in total. The van der Waals surface area contributed by atoms with Gasteiger partial charge in [0.05, 0.1) is 0 Å². The molecule has 0 aromatic rings. The molecule has 0 aromatic carbocycles. The minimum absolute atomic E-state index is 0.0908. The van der Waals surface area contributed by atoms with E-state index < -0.39 is 11.6 Å². The molecule has 0 heterocycles. The van der Waals surface area contributed by atoms with Crippen LogP contribution >= 0.6 is 0 Å². The summed E-state index contributed by atoms with van der Waals surface area (Å²) in [6.07, 6.45) is 3.29. The first-order valence-electron chi connectivity index (χ1n) is 6.98. The van der Waals surface area contributed by atoms with Gasteiger partial charge in [0.25, 0.3) is 0 Å². The molecule has 0 bridgehead atoms. The summed E-state index contributed by atoms with van der Waals surface area (Å²) >= 11 is 0. The van der Waals surface area contributed by atoms with E-state index in [0.29, 0.717) is 12.3 Å². The molecule has 0 saturated heterocycles. The fourth-order valence-corrected chi connectivity index (χ4v) is 1.87. The third-order valence-corrected chi connectivity index (χ3v) is 3.37. The standard InChI is InChI=1S/C15H26O4/c1-14(2,3)9-8-12(16)18-10-13(17)19-15(4,5)11-6-7-11/h11H,6-10H2,1-5H3. The van der Waals surface area contributed by atoms with Gasteiger partial charge in [-0.25, -0.2) is 4.79 Å². The molecule has 0 aromatic heterocycles. The van der Waals surface area contributed by atoms with Crippen molar-refractivity contribution in [2.45, 2.75) is 65.9 Å². The van der Waals surface area contributed by atoms with Crippen LogP contribution in [0, 0.1) is 11.3 Å². The Bertz CT molecular complexity index is 335. The average molecular weight is 270 g/mol. The van der Waals surface area contributed by atoms with E-state index in [1.54, 1.807) is 0 Å². The summed E-state index contributed by atoms with van der Waals surface area (Å²) in [7, 11) is 0. The molecule has 4 heteroatoms. The molecule has 1 aliphatic rings. The lowest BCUT2D eigenvalue weighted by Crippen LogP contribution is -2.32. The van der Waals surface area contributed by atoms with Gasteiger partial charge < -0.3 is 9.47 Å². The maximum atomic E-state index is 11.6. The monoisotopic (exact) mass is 270 g/mol. The Kier molecular flexibility index (Phi) is 4.99. The van der Waals surface area contributed by atoms with Crippen LogP contribution in [0.15, 0.2) is 0 Å². The Labute approximate surface area is 115 Å². The smallest absolute Gasteiger partial charge is 0.344 e. The molecular formula is C15H26O4. The van der Waals surface area contributed by atoms with Gasteiger partial charge >= 0.3 is 11.9 Å². The fraction of sp³-hybridized carbons (Fsp3) is 0.867. The van der Waals surface area contributed by atoms with E-state index in [9.17, 15) is 9.59 Å². The highest BCUT2D eigenvalue weighted by molar-refractivity contribution is 5.76. The van der Waals surface area contributed by atoms with Crippen molar-refractivity contribution in [1.82, 2.24) is 0 Å². The van der Waals surface area contributed by atoms with Gasteiger partial charge in [-0.2, -0.15) is 0 Å². The molecule has 0 amide bonds. The Balaban J connectivity index is 2.21. The van der Waals surface area contributed by atoms with Crippen LogP contribution in [0.1, 0.15) is 60.3 Å². The van der Waals surface area contributed by atoms with Gasteiger partial charge in [0.2, 0.25) is 0 Å². The second-order valence-electron chi connectivity index (χ2n) is 7.07. The van der Waals surface area contributed by atoms with Crippen molar-refractivity contribution in [3.63, 3.8) is 0 Å². The van der Waals surface area contributed by atoms with Crippen LogP contribution in [0.5, 0.6) is 0 Å². The molecule has 0 atom stereocenters. The van der Waals surface area contributed by atoms with E-state index in [0.717, 1.165) is 19.3 Å². The second-order valence-corrected chi connectivity index (χ2v) is 7.07. The number of esters is 2. The van der Waals surface area contributed by atoms with Crippen LogP contribution in [0.4, 0.5) is 0 Å². The third kappa shape index (κ3) is 6.60. The Hall–Kier alpha value is -1.06. The zero-order valence-electron chi connectivity index (χ0n) is 12.7. The zero-order valence-corrected chi connectivity index (χ0v) is 12.7. The predicted octanol–water partition coefficient (Wildman–Crippen LogP) is 3.09. The third-order valence-electron chi connectivity index (χ3n) is 3.37. The average Bonchev–Trinajstić information content (AvgIpc) is 3.05. The highest BCUT2D eigenvalue weighted by Gasteiger charge is 2.40. The number of ether oxygens (including phenoxy) is 2. The molecule has 0 spiro atoms. The summed E-state index contributed by atoms with van der Waals surface area (Å²) in [6.45, 7) is 9.72. The highest BCUT2D eigenvalue weighted by atomic mass is 16.6. The molecule has 1 saturated carbocycles. The maximum Gasteiger partial charge on any atom is 0.344 e. The minimum Gasteiger partial charge on any atom is -0.457 e. The second kappa shape index (κ2) is 5.93. The summed E-state index contributed by atoms with van der Waals surface area (Å²) < 4.78 is 10.3. The van der Waals surface area contributed by atoms with Crippen LogP contribution in [0.3, 0.4) is 0 Å². The lowest BCUT2D eigenvalue weighted by molar-refractivity contribution is -0.169. The molecule has 0 aliphatic heterocycles. The topological polar surface area (TPSA) is 52.6 Å². The summed E-state index contributed by atoms with van der Waals surface area (Å²) in [5, 5.41) is 0. The highest BCUT2D eigenvalue weighted by Crippen LogP contribution is 2.41. The Morgan fingerprint density at radius 2 is 1.63 bits per heavy atom. The van der Waals surface area contributed by atoms with Gasteiger partial charge in [0.1, 0.15) is 5.60 Å². The van der Waals surface area contributed by atoms with Crippen molar-refractivity contribution < 1.29 is 19.1 Å². The first kappa shape index (κ1) is 16.0. The number of hydrogen-bond acceptors (Lipinski definition) is 4. The number of rotatable bonds is 6. The van der Waals surface area contributed by atoms with Crippen molar-refractivity contribution >= 4 is 11.9 Å². The number of carbonyl (C=O) groups excluding carboxylic acids is 2. The number of hydrogen-bond donors (Lipinski definition) is 0. The molecule has 1 aliphatic carbocycles. The molecular weight excluding hydrogens is 244 g/mol. The van der Waals surface area contributed by atoms with Gasteiger partial charge in [0, 0.05) is 6.42 Å². The van der Waals surface area contributed by atoms with Crippen LogP contribution in [0.25, 0.3) is 0 Å². The molecule has 4 nitrogen and oxygen atoms in total. The van der Waals surface area contributed by atoms with Crippen LogP contribution in [0.2, 0.25) is 0 Å². The zero-order chi connectivity index (χ0) is 14.7. The SMILES string of the molecule is CC(C)(C)CCC(=O)OCC(=O)OC(C)(C)C1CC1. The van der Waals surface area contributed by atoms with Gasteiger partial charge in [-0.1, -0.05) is 20.8 Å². The van der Waals surface area contributed by atoms with Gasteiger partial charge in [0.15, 0.2) is 6.61 Å². The minimum atomic E-state index is -0.457. The lowest BCUT2D eigenvalue weighted by Gasteiger charge is -2.24. The largest absolute Gasteiger partial charge is 0.457 e. The van der Waals surface area contributed by atoms with Gasteiger partial charge in [-0.15, -0.1) is 0 Å². The Morgan fingerprint density at radius 3 is 2.11 bits per heavy atom. The summed E-state index contributed by atoms with van der Waals surface area (Å²) in [5.41, 5.74) is -0.345. The molecule has 1 fully saturated rings. The van der Waals surface area contributed by atoms with E-state index >= 15 is 0 Å². The van der Waals surface area contributed by atoms with Crippen molar-refractivity contribution in [2.24, 2.45) is 11.3 Å². The molecule has 0 radical (unpaired) electrons. The van der Waals surface area contributed by atoms with Crippen LogP contribution in [-0.4, -0.2) is 24.1 Å². The Morgan fingerprint density at radius 1 is 1.05 bits per heavy atom. The van der Waals surface area contributed by atoms with E-state index in [4.69, 9.17) is 9.47 Å². The van der Waals surface area contributed by atoms with Crippen LogP contribution < -0.4 is 0 Å². The predicted molar refractivity (Wildman–Crippen MR) is 72.5 cm³/mol. The lowest BCUT2D eigenvalue weighted by atomic mass is 9.91. The van der Waals surface area contributed by atoms with Crippen molar-refractivity contribution in [2.75, 3.05) is 6.61 Å². The summed E-state index contributed by atoms with van der Waals surface area (Å²) in [4.78, 5) is 23.1. The van der Waals surface area contributed by atoms with E-state index in [1.807, 2.05) is 13.8 Å². The summed E-state index contributed by atoms with van der Waals surface area (Å²) in [5.74, 6) is -0.342. The van der Waals surface area contributed by atoms with Crippen molar-refractivity contribution in [3.05, 3.63) is 0 Å². The van der Waals surface area contributed by atoms with Crippen LogP contribution in [-0.2, 0) is 19.1 Å².